The van der Waals surface area contributed by atoms with Gasteiger partial charge in [-0.15, -0.1) is 0 Å². The number of ether oxygens (including phenoxy) is 1. The molecule has 0 aliphatic heterocycles. The fraction of sp³-hybridized carbons (Fsp3) is 0.375. The molecule has 1 aromatic carbocycles. The van der Waals surface area contributed by atoms with Crippen LogP contribution in [-0.2, 0) is 4.74 Å². The number of carboxylic acids is 1. The largest absolute Gasteiger partial charge is 0.478 e. The van der Waals surface area contributed by atoms with Crippen molar-refractivity contribution in [2.24, 2.45) is 0 Å². The lowest BCUT2D eigenvalue weighted by Gasteiger charge is -2.13. The van der Waals surface area contributed by atoms with Crippen LogP contribution >= 0.6 is 0 Å². The van der Waals surface area contributed by atoms with Gasteiger partial charge in [0, 0.05) is 6.54 Å². The number of hydrogen-bond donors (Lipinski definition) is 2. The lowest BCUT2D eigenvalue weighted by Crippen LogP contribution is -2.30. The van der Waals surface area contributed by atoms with Crippen LogP contribution in [0.1, 0.15) is 38.8 Å². The van der Waals surface area contributed by atoms with Crippen molar-refractivity contribution in [1.29, 1.82) is 0 Å². The van der Waals surface area contributed by atoms with E-state index in [4.69, 9.17) is 4.74 Å². The number of nitrogens with one attached hydrogen (secondary N) is 1. The highest BCUT2D eigenvalue weighted by molar-refractivity contribution is 6.06. The van der Waals surface area contributed by atoms with Crippen molar-refractivity contribution >= 4 is 11.9 Å². The minimum atomic E-state index is -1.10. The summed E-state index contributed by atoms with van der Waals surface area (Å²) in [6, 6.07) is 3.44. The zero-order chi connectivity index (χ0) is 16.0. The highest BCUT2D eigenvalue weighted by Crippen LogP contribution is 2.18. The van der Waals surface area contributed by atoms with Gasteiger partial charge >= 0.3 is 5.97 Å². The van der Waals surface area contributed by atoms with E-state index in [1.165, 1.54) is 0 Å². The minimum Gasteiger partial charge on any atom is -0.478 e. The van der Waals surface area contributed by atoms with E-state index in [0.29, 0.717) is 30.9 Å². The molecule has 5 nitrogen and oxygen atoms in total. The number of benzene rings is 1. The smallest absolute Gasteiger partial charge is 0.336 e. The van der Waals surface area contributed by atoms with E-state index in [1.807, 2.05) is 6.92 Å². The van der Waals surface area contributed by atoms with E-state index in [-0.39, 0.29) is 11.1 Å². The van der Waals surface area contributed by atoms with Gasteiger partial charge < -0.3 is 15.2 Å². The summed E-state index contributed by atoms with van der Waals surface area (Å²) in [6.07, 6.45) is 0. The van der Waals surface area contributed by atoms with Gasteiger partial charge in [0.2, 0.25) is 0 Å². The van der Waals surface area contributed by atoms with E-state index >= 15 is 0 Å². The zero-order valence-corrected chi connectivity index (χ0v) is 12.7. The summed E-state index contributed by atoms with van der Waals surface area (Å²) in [7, 11) is 0. The van der Waals surface area contributed by atoms with E-state index in [2.05, 4.69) is 11.9 Å². The van der Waals surface area contributed by atoms with Gasteiger partial charge in [-0.25, -0.2) is 4.79 Å². The molecule has 0 heterocycles. The molecule has 0 atom stereocenters. The molecule has 0 aliphatic rings. The Morgan fingerprint density at radius 3 is 2.33 bits per heavy atom. The lowest BCUT2D eigenvalue weighted by atomic mass is 9.96. The molecule has 114 valence electrons. The summed E-state index contributed by atoms with van der Waals surface area (Å²) >= 11 is 0. The van der Waals surface area contributed by atoms with Gasteiger partial charge in [0.05, 0.1) is 24.3 Å². The summed E-state index contributed by atoms with van der Waals surface area (Å²) in [6.45, 7) is 10.1. The van der Waals surface area contributed by atoms with Gasteiger partial charge in [-0.3, -0.25) is 4.79 Å². The monoisotopic (exact) mass is 291 g/mol. The third-order valence-corrected chi connectivity index (χ3v) is 2.94. The molecule has 0 aliphatic carbocycles. The number of hydrogen-bond acceptors (Lipinski definition) is 3. The number of carbonyl (C=O) groups is 2. The molecule has 1 aromatic rings. The van der Waals surface area contributed by atoms with Crippen LogP contribution < -0.4 is 5.32 Å². The van der Waals surface area contributed by atoms with Crippen molar-refractivity contribution in [3.63, 3.8) is 0 Å². The molecule has 21 heavy (non-hydrogen) atoms. The van der Waals surface area contributed by atoms with Gasteiger partial charge in [0.15, 0.2) is 0 Å². The van der Waals surface area contributed by atoms with Crippen LogP contribution in [0.2, 0.25) is 0 Å². The lowest BCUT2D eigenvalue weighted by molar-refractivity contribution is 0.0689. The summed E-state index contributed by atoms with van der Waals surface area (Å²) in [5.41, 5.74) is 2.37. The van der Waals surface area contributed by atoms with Crippen molar-refractivity contribution < 1.29 is 19.4 Å². The molecule has 2 N–H and O–H groups in total. The highest BCUT2D eigenvalue weighted by atomic mass is 16.5. The van der Waals surface area contributed by atoms with E-state index in [9.17, 15) is 14.7 Å². The summed E-state index contributed by atoms with van der Waals surface area (Å²) in [5.74, 6) is -1.49. The molecular weight excluding hydrogens is 270 g/mol. The van der Waals surface area contributed by atoms with Gasteiger partial charge in [-0.05, 0) is 31.9 Å². The van der Waals surface area contributed by atoms with Crippen molar-refractivity contribution in [2.45, 2.75) is 20.8 Å². The first-order valence-corrected chi connectivity index (χ1v) is 6.68. The van der Waals surface area contributed by atoms with Crippen LogP contribution in [0.3, 0.4) is 0 Å². The summed E-state index contributed by atoms with van der Waals surface area (Å²) < 4.78 is 5.28. The normalized spacial score (nSPS) is 10.2. The van der Waals surface area contributed by atoms with Gasteiger partial charge in [-0.1, -0.05) is 24.3 Å². The maximum atomic E-state index is 12.2. The Bertz CT molecular complexity index is 564. The Morgan fingerprint density at radius 1 is 1.24 bits per heavy atom. The number of aryl methyl sites for hydroxylation is 2. The van der Waals surface area contributed by atoms with E-state index < -0.39 is 11.9 Å². The van der Waals surface area contributed by atoms with Crippen LogP contribution in [0.5, 0.6) is 0 Å². The molecule has 1 amide bonds. The quantitative estimate of drug-likeness (QED) is 0.597. The number of aromatic carboxylic acids is 1. The Morgan fingerprint density at radius 2 is 1.81 bits per heavy atom. The molecule has 0 bridgehead atoms. The fourth-order valence-electron chi connectivity index (χ4n) is 1.95. The highest BCUT2D eigenvalue weighted by Gasteiger charge is 2.20. The second-order valence-electron chi connectivity index (χ2n) is 5.02. The number of carboxylic acid groups (broad SMARTS) is 1. The topological polar surface area (TPSA) is 75.6 Å². The second-order valence-corrected chi connectivity index (χ2v) is 5.02. The van der Waals surface area contributed by atoms with Crippen molar-refractivity contribution in [1.82, 2.24) is 5.32 Å². The predicted octanol–water partition coefficient (Wildman–Crippen LogP) is 2.32. The second kappa shape index (κ2) is 7.59. The Balaban J connectivity index is 2.76. The zero-order valence-electron chi connectivity index (χ0n) is 12.7. The van der Waals surface area contributed by atoms with E-state index in [1.54, 1.807) is 26.0 Å². The minimum absolute atomic E-state index is 0.0513. The molecule has 0 unspecified atom stereocenters. The fourth-order valence-corrected chi connectivity index (χ4v) is 1.95. The molecule has 0 fully saturated rings. The van der Waals surface area contributed by atoms with Gasteiger partial charge in [-0.2, -0.15) is 0 Å². The Kier molecular flexibility index (Phi) is 6.11. The third kappa shape index (κ3) is 4.72. The van der Waals surface area contributed by atoms with Crippen LogP contribution in [-0.4, -0.2) is 36.7 Å². The van der Waals surface area contributed by atoms with Gasteiger partial charge in [0.25, 0.3) is 5.91 Å². The standard InChI is InChI=1S/C16H21NO4/c1-10(2)9-21-8-7-17-15(18)13-11(3)5-6-12(4)14(13)16(19)20/h5-6H,1,7-9H2,2-4H3,(H,17,18)(H,19,20). The summed E-state index contributed by atoms with van der Waals surface area (Å²) in [5, 5.41) is 12.0. The van der Waals surface area contributed by atoms with Crippen LogP contribution in [0.4, 0.5) is 0 Å². The maximum absolute atomic E-state index is 12.2. The molecule has 0 saturated carbocycles. The average Bonchev–Trinajstić information content (AvgIpc) is 2.39. The molecule has 0 radical (unpaired) electrons. The van der Waals surface area contributed by atoms with E-state index in [0.717, 1.165) is 5.57 Å². The summed E-state index contributed by atoms with van der Waals surface area (Å²) in [4.78, 5) is 23.5. The SMILES string of the molecule is C=C(C)COCCNC(=O)c1c(C)ccc(C)c1C(=O)O. The first-order chi connectivity index (χ1) is 9.84. The van der Waals surface area contributed by atoms with Crippen LogP contribution in [0.15, 0.2) is 24.3 Å². The first kappa shape index (κ1) is 16.9. The molecule has 5 heteroatoms. The van der Waals surface area contributed by atoms with Crippen LogP contribution in [0.25, 0.3) is 0 Å². The van der Waals surface area contributed by atoms with Gasteiger partial charge in [0.1, 0.15) is 0 Å². The Hall–Kier alpha value is -2.14. The molecular formula is C16H21NO4. The molecule has 1 rings (SSSR count). The molecule has 0 spiro atoms. The number of rotatable bonds is 7. The average molecular weight is 291 g/mol. The first-order valence-electron chi connectivity index (χ1n) is 6.68. The van der Waals surface area contributed by atoms with Crippen LogP contribution in [0, 0.1) is 13.8 Å². The number of amides is 1. The molecule has 0 aromatic heterocycles. The van der Waals surface area contributed by atoms with Crippen molar-refractivity contribution in [3.8, 4) is 0 Å². The molecule has 0 saturated heterocycles. The van der Waals surface area contributed by atoms with Crippen molar-refractivity contribution in [3.05, 3.63) is 46.5 Å². The van der Waals surface area contributed by atoms with Crippen molar-refractivity contribution in [2.75, 3.05) is 19.8 Å². The number of carbonyl (C=O) groups excluding carboxylic acids is 1. The third-order valence-electron chi connectivity index (χ3n) is 2.94. The predicted molar refractivity (Wildman–Crippen MR) is 80.8 cm³/mol. The Labute approximate surface area is 124 Å². The maximum Gasteiger partial charge on any atom is 0.336 e.